The lowest BCUT2D eigenvalue weighted by Gasteiger charge is -2.24. The summed E-state index contributed by atoms with van der Waals surface area (Å²) < 4.78 is 0. The first kappa shape index (κ1) is 19.4. The average molecular weight is 410 g/mol. The van der Waals surface area contributed by atoms with E-state index < -0.39 is 17.8 Å². The molecule has 2 aromatic rings. The van der Waals surface area contributed by atoms with Gasteiger partial charge in [0, 0.05) is 10.6 Å². The fourth-order valence-corrected chi connectivity index (χ4v) is 5.32. The predicted molar refractivity (Wildman–Crippen MR) is 112 cm³/mol. The molecule has 0 saturated heterocycles. The number of para-hydroxylation sites is 1. The van der Waals surface area contributed by atoms with Crippen LogP contribution < -0.4 is 10.6 Å². The van der Waals surface area contributed by atoms with Crippen molar-refractivity contribution in [1.82, 2.24) is 0 Å². The molecule has 2 aliphatic carbocycles. The number of rotatable bonds is 5. The molecule has 6 nitrogen and oxygen atoms in total. The van der Waals surface area contributed by atoms with Gasteiger partial charge >= 0.3 is 5.97 Å². The molecular formula is C22H22N2O4S. The maximum absolute atomic E-state index is 13.0. The highest BCUT2D eigenvalue weighted by Crippen LogP contribution is 2.40. The molecule has 2 amide bonds. The van der Waals surface area contributed by atoms with E-state index >= 15 is 0 Å². The first-order valence-corrected chi connectivity index (χ1v) is 10.6. The Kier molecular flexibility index (Phi) is 5.49. The molecule has 150 valence electrons. The molecule has 1 aromatic carbocycles. The molecule has 1 aromatic heterocycles. The van der Waals surface area contributed by atoms with Gasteiger partial charge in [0.1, 0.15) is 5.00 Å². The summed E-state index contributed by atoms with van der Waals surface area (Å²) in [5.41, 5.74) is 2.20. The van der Waals surface area contributed by atoms with Crippen molar-refractivity contribution in [3.05, 3.63) is 58.5 Å². The van der Waals surface area contributed by atoms with Gasteiger partial charge in [-0.1, -0.05) is 30.4 Å². The second-order valence-corrected chi connectivity index (χ2v) is 8.47. The van der Waals surface area contributed by atoms with E-state index in [1.807, 2.05) is 36.4 Å². The van der Waals surface area contributed by atoms with Gasteiger partial charge in [0.05, 0.1) is 17.4 Å². The fourth-order valence-electron chi connectivity index (χ4n) is 4.03. The van der Waals surface area contributed by atoms with Crippen molar-refractivity contribution in [1.29, 1.82) is 0 Å². The Morgan fingerprint density at radius 1 is 0.966 bits per heavy atom. The third kappa shape index (κ3) is 3.96. The Morgan fingerprint density at radius 3 is 2.41 bits per heavy atom. The normalized spacial score (nSPS) is 20.1. The quantitative estimate of drug-likeness (QED) is 0.647. The van der Waals surface area contributed by atoms with Crippen molar-refractivity contribution in [3.8, 4) is 0 Å². The van der Waals surface area contributed by atoms with Crippen molar-refractivity contribution in [2.75, 3.05) is 10.6 Å². The number of thiophene rings is 1. The lowest BCUT2D eigenvalue weighted by atomic mass is 9.82. The number of carboxylic acid groups (broad SMARTS) is 1. The molecule has 4 rings (SSSR count). The van der Waals surface area contributed by atoms with Crippen LogP contribution in [0.25, 0.3) is 0 Å². The zero-order valence-corrected chi connectivity index (χ0v) is 16.6. The number of nitrogens with one attached hydrogen (secondary N) is 2. The number of carbonyl (C=O) groups excluding carboxylic acids is 2. The van der Waals surface area contributed by atoms with Gasteiger partial charge < -0.3 is 15.7 Å². The van der Waals surface area contributed by atoms with Crippen LogP contribution >= 0.6 is 11.3 Å². The summed E-state index contributed by atoms with van der Waals surface area (Å²) in [6.45, 7) is 0. The van der Waals surface area contributed by atoms with E-state index in [-0.39, 0.29) is 11.8 Å². The number of benzene rings is 1. The van der Waals surface area contributed by atoms with Crippen molar-refractivity contribution in [2.45, 2.75) is 32.1 Å². The molecular weight excluding hydrogens is 388 g/mol. The summed E-state index contributed by atoms with van der Waals surface area (Å²) in [7, 11) is 0. The molecule has 0 spiro atoms. The molecule has 3 N–H and O–H groups in total. The molecule has 0 unspecified atom stereocenters. The third-order valence-corrected chi connectivity index (χ3v) is 6.71. The number of hydrogen-bond donors (Lipinski definition) is 3. The van der Waals surface area contributed by atoms with E-state index in [2.05, 4.69) is 10.6 Å². The molecule has 0 saturated carbocycles. The maximum atomic E-state index is 13.0. The SMILES string of the molecule is O=C(Nc1ccccc1)c1c(NC(=O)[C@@H]2CC=CC[C@H]2C(=O)O)sc2c1CCC2. The Labute approximate surface area is 172 Å². The van der Waals surface area contributed by atoms with Gasteiger partial charge in [0.15, 0.2) is 0 Å². The summed E-state index contributed by atoms with van der Waals surface area (Å²) in [6.07, 6.45) is 7.08. The Morgan fingerprint density at radius 2 is 1.69 bits per heavy atom. The second-order valence-electron chi connectivity index (χ2n) is 7.36. The zero-order valence-electron chi connectivity index (χ0n) is 15.8. The summed E-state index contributed by atoms with van der Waals surface area (Å²) in [4.78, 5) is 38.6. The van der Waals surface area contributed by atoms with Crippen LogP contribution in [0, 0.1) is 11.8 Å². The lowest BCUT2D eigenvalue weighted by Crippen LogP contribution is -2.35. The first-order chi connectivity index (χ1) is 14.0. The predicted octanol–water partition coefficient (Wildman–Crippen LogP) is 4.09. The highest BCUT2D eigenvalue weighted by atomic mass is 32.1. The van der Waals surface area contributed by atoms with Gasteiger partial charge in [-0.25, -0.2) is 0 Å². The maximum Gasteiger partial charge on any atom is 0.307 e. The van der Waals surface area contributed by atoms with Crippen LogP contribution in [0.1, 0.15) is 40.1 Å². The summed E-state index contributed by atoms with van der Waals surface area (Å²) in [6, 6.07) is 9.20. The summed E-state index contributed by atoms with van der Waals surface area (Å²) >= 11 is 1.43. The molecule has 2 aliphatic rings. The van der Waals surface area contributed by atoms with E-state index in [4.69, 9.17) is 0 Å². The van der Waals surface area contributed by atoms with Gasteiger partial charge in [-0.15, -0.1) is 11.3 Å². The Hall–Kier alpha value is -2.93. The van der Waals surface area contributed by atoms with Crippen LogP contribution in [0.2, 0.25) is 0 Å². The van der Waals surface area contributed by atoms with E-state index in [9.17, 15) is 19.5 Å². The molecule has 7 heteroatoms. The lowest BCUT2D eigenvalue weighted by molar-refractivity contribution is -0.146. The molecule has 0 aliphatic heterocycles. The topological polar surface area (TPSA) is 95.5 Å². The van der Waals surface area contributed by atoms with Gasteiger partial charge in [-0.3, -0.25) is 14.4 Å². The smallest absolute Gasteiger partial charge is 0.307 e. The Bertz CT molecular complexity index is 980. The number of allylic oxidation sites excluding steroid dienone is 2. The monoisotopic (exact) mass is 410 g/mol. The number of anilines is 2. The van der Waals surface area contributed by atoms with Crippen LogP contribution in [0.4, 0.5) is 10.7 Å². The van der Waals surface area contributed by atoms with Crippen molar-refractivity contribution < 1.29 is 19.5 Å². The van der Waals surface area contributed by atoms with Gasteiger partial charge in [0.2, 0.25) is 5.91 Å². The molecule has 29 heavy (non-hydrogen) atoms. The van der Waals surface area contributed by atoms with Crippen molar-refractivity contribution in [3.63, 3.8) is 0 Å². The van der Waals surface area contributed by atoms with E-state index in [0.717, 1.165) is 29.7 Å². The molecule has 0 fully saturated rings. The minimum atomic E-state index is -0.967. The van der Waals surface area contributed by atoms with E-state index in [1.54, 1.807) is 6.08 Å². The van der Waals surface area contributed by atoms with Crippen molar-refractivity contribution >= 4 is 39.8 Å². The van der Waals surface area contributed by atoms with Crippen LogP contribution in [0.15, 0.2) is 42.5 Å². The van der Waals surface area contributed by atoms with Crippen molar-refractivity contribution in [2.24, 2.45) is 11.8 Å². The van der Waals surface area contributed by atoms with E-state index in [0.29, 0.717) is 29.1 Å². The van der Waals surface area contributed by atoms with Crippen LogP contribution in [-0.2, 0) is 22.4 Å². The average Bonchev–Trinajstić information content (AvgIpc) is 3.29. The van der Waals surface area contributed by atoms with Crippen LogP contribution in [-0.4, -0.2) is 22.9 Å². The number of amides is 2. The molecule has 1 heterocycles. The molecule has 2 atom stereocenters. The number of fused-ring (bicyclic) bond motifs is 1. The Balaban J connectivity index is 1.59. The zero-order chi connectivity index (χ0) is 20.4. The number of carboxylic acids is 1. The highest BCUT2D eigenvalue weighted by Gasteiger charge is 2.35. The van der Waals surface area contributed by atoms with Gasteiger partial charge in [-0.2, -0.15) is 0 Å². The van der Waals surface area contributed by atoms with Crippen LogP contribution in [0.3, 0.4) is 0 Å². The number of hydrogen-bond acceptors (Lipinski definition) is 4. The number of carbonyl (C=O) groups is 3. The molecule has 0 radical (unpaired) electrons. The van der Waals surface area contributed by atoms with E-state index in [1.165, 1.54) is 11.3 Å². The van der Waals surface area contributed by atoms with Crippen LogP contribution in [0.5, 0.6) is 0 Å². The minimum Gasteiger partial charge on any atom is -0.481 e. The highest BCUT2D eigenvalue weighted by molar-refractivity contribution is 7.17. The number of aliphatic carboxylic acids is 1. The third-order valence-electron chi connectivity index (χ3n) is 5.50. The molecule has 0 bridgehead atoms. The fraction of sp³-hybridized carbons (Fsp3) is 0.318. The largest absolute Gasteiger partial charge is 0.481 e. The minimum absolute atomic E-state index is 0.246. The van der Waals surface area contributed by atoms with Gasteiger partial charge in [0.25, 0.3) is 5.91 Å². The van der Waals surface area contributed by atoms with Gasteiger partial charge in [-0.05, 0) is 49.8 Å². The first-order valence-electron chi connectivity index (χ1n) is 9.74. The number of aryl methyl sites for hydroxylation is 1. The summed E-state index contributed by atoms with van der Waals surface area (Å²) in [5.74, 6) is -2.93. The second kappa shape index (κ2) is 8.21. The standard InChI is InChI=1S/C22H22N2O4S/c25-19(14-9-4-5-10-15(14)22(27)28)24-21-18(16-11-6-12-17(16)29-21)20(26)23-13-7-2-1-3-8-13/h1-5,7-8,14-15H,6,9-12H2,(H,23,26)(H,24,25)(H,27,28)/t14-,15-/m1/s1. The summed E-state index contributed by atoms with van der Waals surface area (Å²) in [5, 5.41) is 15.8.